The Morgan fingerprint density at radius 1 is 1.33 bits per heavy atom. The first-order chi connectivity index (χ1) is 7.25. The Morgan fingerprint density at radius 3 is 2.67 bits per heavy atom. The molecule has 5 nitrogen and oxygen atoms in total. The lowest BCUT2D eigenvalue weighted by Gasteiger charge is -2.06. The number of rotatable bonds is 3. The van der Waals surface area contributed by atoms with Crippen molar-refractivity contribution in [2.24, 2.45) is 12.8 Å². The molecule has 2 aromatic rings. The van der Waals surface area contributed by atoms with Crippen LogP contribution in [0, 0.1) is 0 Å². The average molecular weight is 203 g/mol. The molecule has 0 aliphatic rings. The topological polar surface area (TPSA) is 69.6 Å². The van der Waals surface area contributed by atoms with Crippen LogP contribution in [-0.2, 0) is 13.5 Å². The average Bonchev–Trinajstić information content (AvgIpc) is 2.66. The number of aromatic nitrogens is 4. The van der Waals surface area contributed by atoms with Crippen molar-refractivity contribution in [3.05, 3.63) is 41.7 Å². The van der Waals surface area contributed by atoms with Crippen molar-refractivity contribution in [1.82, 2.24) is 20.2 Å². The van der Waals surface area contributed by atoms with E-state index in [9.17, 15) is 0 Å². The van der Waals surface area contributed by atoms with E-state index in [1.165, 1.54) is 10.4 Å². The number of tetrazole rings is 1. The molecule has 0 amide bonds. The van der Waals surface area contributed by atoms with E-state index < -0.39 is 0 Å². The number of hydrogen-bond donors (Lipinski definition) is 1. The van der Waals surface area contributed by atoms with Gasteiger partial charge in [-0.1, -0.05) is 30.3 Å². The molecule has 1 heterocycles. The molecular weight excluding hydrogens is 190 g/mol. The number of nitrogens with two attached hydrogens (primary N) is 1. The van der Waals surface area contributed by atoms with Gasteiger partial charge in [0.15, 0.2) is 5.82 Å². The van der Waals surface area contributed by atoms with Crippen LogP contribution in [0.5, 0.6) is 0 Å². The molecule has 1 aromatic heterocycles. The molecule has 0 saturated heterocycles. The highest BCUT2D eigenvalue weighted by Gasteiger charge is 2.11. The van der Waals surface area contributed by atoms with E-state index in [0.29, 0.717) is 5.82 Å². The Morgan fingerprint density at radius 2 is 2.07 bits per heavy atom. The first-order valence-corrected chi connectivity index (χ1v) is 4.79. The lowest BCUT2D eigenvalue weighted by molar-refractivity contribution is 0.616. The highest BCUT2D eigenvalue weighted by molar-refractivity contribution is 5.16. The number of hydrogen-bond acceptors (Lipinski definition) is 4. The molecule has 0 saturated carbocycles. The maximum absolute atomic E-state index is 5.96. The summed E-state index contributed by atoms with van der Waals surface area (Å²) < 4.78 is 0. The van der Waals surface area contributed by atoms with Gasteiger partial charge in [-0.2, -0.15) is 4.80 Å². The highest BCUT2D eigenvalue weighted by Crippen LogP contribution is 2.10. The predicted molar refractivity (Wildman–Crippen MR) is 55.9 cm³/mol. The van der Waals surface area contributed by atoms with Crippen LogP contribution in [0.1, 0.15) is 17.4 Å². The first kappa shape index (κ1) is 9.79. The van der Waals surface area contributed by atoms with Crippen LogP contribution < -0.4 is 5.73 Å². The molecule has 1 aromatic carbocycles. The van der Waals surface area contributed by atoms with Gasteiger partial charge in [0, 0.05) is 0 Å². The Bertz CT molecular complexity index is 422. The Balaban J connectivity index is 2.07. The third-order valence-corrected chi connectivity index (χ3v) is 2.15. The quantitative estimate of drug-likeness (QED) is 0.786. The van der Waals surface area contributed by atoms with E-state index in [-0.39, 0.29) is 6.04 Å². The van der Waals surface area contributed by atoms with Gasteiger partial charge in [0.25, 0.3) is 0 Å². The van der Waals surface area contributed by atoms with Crippen molar-refractivity contribution in [3.63, 3.8) is 0 Å². The SMILES string of the molecule is Cn1nnc(C(N)Cc2ccccc2)n1. The molecule has 0 fully saturated rings. The molecule has 2 rings (SSSR count). The van der Waals surface area contributed by atoms with Crippen molar-refractivity contribution in [3.8, 4) is 0 Å². The summed E-state index contributed by atoms with van der Waals surface area (Å²) in [5.74, 6) is 0.585. The summed E-state index contributed by atoms with van der Waals surface area (Å²) in [5, 5.41) is 11.7. The molecular formula is C10H13N5. The van der Waals surface area contributed by atoms with Gasteiger partial charge in [0.1, 0.15) is 0 Å². The lowest BCUT2D eigenvalue weighted by Crippen LogP contribution is -2.15. The van der Waals surface area contributed by atoms with Gasteiger partial charge < -0.3 is 5.73 Å². The van der Waals surface area contributed by atoms with Crippen LogP contribution in [0.15, 0.2) is 30.3 Å². The van der Waals surface area contributed by atoms with Crippen molar-refractivity contribution < 1.29 is 0 Å². The monoisotopic (exact) mass is 203 g/mol. The highest BCUT2D eigenvalue weighted by atomic mass is 15.6. The normalized spacial score (nSPS) is 12.7. The molecule has 0 aliphatic carbocycles. The van der Waals surface area contributed by atoms with E-state index in [1.807, 2.05) is 30.3 Å². The molecule has 0 spiro atoms. The summed E-state index contributed by atoms with van der Waals surface area (Å²) in [6.07, 6.45) is 0.729. The summed E-state index contributed by atoms with van der Waals surface area (Å²) in [5.41, 5.74) is 7.14. The van der Waals surface area contributed by atoms with Crippen molar-refractivity contribution >= 4 is 0 Å². The van der Waals surface area contributed by atoms with Crippen LogP contribution in [0.2, 0.25) is 0 Å². The molecule has 15 heavy (non-hydrogen) atoms. The first-order valence-electron chi connectivity index (χ1n) is 4.79. The Hall–Kier alpha value is -1.75. The lowest BCUT2D eigenvalue weighted by atomic mass is 10.1. The van der Waals surface area contributed by atoms with Gasteiger partial charge in [0.05, 0.1) is 13.1 Å². The van der Waals surface area contributed by atoms with Gasteiger partial charge in [-0.3, -0.25) is 0 Å². The smallest absolute Gasteiger partial charge is 0.191 e. The number of aryl methyl sites for hydroxylation is 1. The summed E-state index contributed by atoms with van der Waals surface area (Å²) in [7, 11) is 1.73. The minimum atomic E-state index is -0.193. The van der Waals surface area contributed by atoms with Crippen LogP contribution >= 0.6 is 0 Å². The van der Waals surface area contributed by atoms with E-state index in [1.54, 1.807) is 7.05 Å². The summed E-state index contributed by atoms with van der Waals surface area (Å²) >= 11 is 0. The second-order valence-electron chi connectivity index (χ2n) is 3.43. The van der Waals surface area contributed by atoms with Crippen molar-refractivity contribution in [2.45, 2.75) is 12.5 Å². The third kappa shape index (κ3) is 2.38. The van der Waals surface area contributed by atoms with Gasteiger partial charge in [-0.25, -0.2) is 0 Å². The van der Waals surface area contributed by atoms with Gasteiger partial charge >= 0.3 is 0 Å². The van der Waals surface area contributed by atoms with E-state index in [2.05, 4.69) is 15.4 Å². The maximum atomic E-state index is 5.96. The number of nitrogens with zero attached hydrogens (tertiary/aromatic N) is 4. The van der Waals surface area contributed by atoms with E-state index in [4.69, 9.17) is 5.73 Å². The van der Waals surface area contributed by atoms with Crippen LogP contribution in [-0.4, -0.2) is 20.2 Å². The molecule has 0 bridgehead atoms. The van der Waals surface area contributed by atoms with Gasteiger partial charge in [-0.05, 0) is 17.2 Å². The summed E-state index contributed by atoms with van der Waals surface area (Å²) in [6.45, 7) is 0. The molecule has 0 aliphatic heterocycles. The molecule has 1 unspecified atom stereocenters. The minimum absolute atomic E-state index is 0.193. The molecule has 2 N–H and O–H groups in total. The fraction of sp³-hybridized carbons (Fsp3) is 0.300. The number of benzene rings is 1. The second-order valence-corrected chi connectivity index (χ2v) is 3.43. The zero-order valence-electron chi connectivity index (χ0n) is 8.54. The summed E-state index contributed by atoms with van der Waals surface area (Å²) in [6, 6.07) is 9.85. The Kier molecular flexibility index (Phi) is 2.73. The predicted octanol–water partition coefficient (Wildman–Crippen LogP) is 0.453. The zero-order chi connectivity index (χ0) is 10.7. The van der Waals surface area contributed by atoms with E-state index in [0.717, 1.165) is 6.42 Å². The van der Waals surface area contributed by atoms with Crippen molar-refractivity contribution in [2.75, 3.05) is 0 Å². The molecule has 0 radical (unpaired) electrons. The maximum Gasteiger partial charge on any atom is 0.191 e. The molecule has 1 atom stereocenters. The second kappa shape index (κ2) is 4.18. The van der Waals surface area contributed by atoms with Crippen LogP contribution in [0.3, 0.4) is 0 Å². The fourth-order valence-corrected chi connectivity index (χ4v) is 1.41. The fourth-order valence-electron chi connectivity index (χ4n) is 1.41. The standard InChI is InChI=1S/C10H13N5/c1-15-13-10(12-14-15)9(11)7-8-5-3-2-4-6-8/h2-6,9H,7,11H2,1H3. The van der Waals surface area contributed by atoms with Gasteiger partial charge in [0.2, 0.25) is 0 Å². The van der Waals surface area contributed by atoms with E-state index >= 15 is 0 Å². The van der Waals surface area contributed by atoms with Crippen molar-refractivity contribution in [1.29, 1.82) is 0 Å². The van der Waals surface area contributed by atoms with Crippen LogP contribution in [0.4, 0.5) is 0 Å². The zero-order valence-corrected chi connectivity index (χ0v) is 8.54. The van der Waals surface area contributed by atoms with Crippen LogP contribution in [0.25, 0.3) is 0 Å². The molecule has 78 valence electrons. The summed E-state index contributed by atoms with van der Waals surface area (Å²) in [4.78, 5) is 1.42. The minimum Gasteiger partial charge on any atom is -0.321 e. The molecule has 5 heteroatoms. The largest absolute Gasteiger partial charge is 0.321 e. The third-order valence-electron chi connectivity index (χ3n) is 2.15. The Labute approximate surface area is 87.9 Å². The van der Waals surface area contributed by atoms with Gasteiger partial charge in [-0.15, -0.1) is 10.2 Å².